The summed E-state index contributed by atoms with van der Waals surface area (Å²) >= 11 is 0. The normalized spacial score (nSPS) is 51.8. The van der Waals surface area contributed by atoms with Crippen molar-refractivity contribution in [2.24, 2.45) is 35.0 Å². The summed E-state index contributed by atoms with van der Waals surface area (Å²) in [4.78, 5) is 0. The van der Waals surface area contributed by atoms with Gasteiger partial charge in [0.15, 0.2) is 0 Å². The van der Waals surface area contributed by atoms with Crippen molar-refractivity contribution in [1.82, 2.24) is 0 Å². The van der Waals surface area contributed by atoms with Crippen LogP contribution in [0.3, 0.4) is 0 Å². The summed E-state index contributed by atoms with van der Waals surface area (Å²) in [6.07, 6.45) is 9.21. The summed E-state index contributed by atoms with van der Waals surface area (Å²) in [5.41, 5.74) is 0.639. The minimum absolute atomic E-state index is 0.639. The zero-order chi connectivity index (χ0) is 10.6. The van der Waals surface area contributed by atoms with Crippen LogP contribution in [0.4, 0.5) is 0 Å². The molecule has 3 aliphatic carbocycles. The van der Waals surface area contributed by atoms with E-state index >= 15 is 0 Å². The van der Waals surface area contributed by atoms with E-state index in [1.54, 1.807) is 25.7 Å². The Morgan fingerprint density at radius 1 is 1.07 bits per heavy atom. The van der Waals surface area contributed by atoms with Crippen LogP contribution in [0.5, 0.6) is 0 Å². The van der Waals surface area contributed by atoms with Crippen molar-refractivity contribution in [2.75, 3.05) is 0 Å². The van der Waals surface area contributed by atoms with E-state index < -0.39 is 0 Å². The van der Waals surface area contributed by atoms with Crippen LogP contribution in [-0.2, 0) is 0 Å². The molecule has 0 amide bonds. The Hall–Kier alpha value is 0. The fraction of sp³-hybridized carbons (Fsp3) is 1.00. The van der Waals surface area contributed by atoms with E-state index in [2.05, 4.69) is 20.8 Å². The maximum Gasteiger partial charge on any atom is -0.0321 e. The first-order chi connectivity index (χ1) is 7.13. The van der Waals surface area contributed by atoms with Gasteiger partial charge in [0.2, 0.25) is 0 Å². The van der Waals surface area contributed by atoms with Gasteiger partial charge < -0.3 is 0 Å². The van der Waals surface area contributed by atoms with Gasteiger partial charge in [0.25, 0.3) is 0 Å². The van der Waals surface area contributed by atoms with Crippen LogP contribution in [0.15, 0.2) is 0 Å². The van der Waals surface area contributed by atoms with Gasteiger partial charge in [-0.25, -0.2) is 0 Å². The van der Waals surface area contributed by atoms with Crippen molar-refractivity contribution in [3.63, 3.8) is 0 Å². The van der Waals surface area contributed by atoms with Crippen molar-refractivity contribution < 1.29 is 0 Å². The lowest BCUT2D eigenvalue weighted by atomic mass is 9.55. The molecule has 86 valence electrons. The first-order valence-electron chi connectivity index (χ1n) is 7.13. The molecule has 0 nitrogen and oxygen atoms in total. The van der Waals surface area contributed by atoms with Crippen molar-refractivity contribution in [1.29, 1.82) is 0 Å². The van der Waals surface area contributed by atoms with E-state index in [-0.39, 0.29) is 0 Å². The molecule has 0 spiro atoms. The topological polar surface area (TPSA) is 0 Å². The Labute approximate surface area is 94.8 Å². The number of fused-ring (bicyclic) bond motifs is 5. The number of hydrogen-bond acceptors (Lipinski definition) is 0. The van der Waals surface area contributed by atoms with E-state index in [0.717, 1.165) is 29.6 Å². The van der Waals surface area contributed by atoms with Crippen LogP contribution in [-0.4, -0.2) is 0 Å². The van der Waals surface area contributed by atoms with Gasteiger partial charge >= 0.3 is 0 Å². The van der Waals surface area contributed by atoms with Crippen LogP contribution in [0.2, 0.25) is 0 Å². The molecular formula is C15H26. The van der Waals surface area contributed by atoms with E-state index in [4.69, 9.17) is 0 Å². The summed E-state index contributed by atoms with van der Waals surface area (Å²) in [5, 5.41) is 0. The first kappa shape index (κ1) is 10.2. The highest BCUT2D eigenvalue weighted by Gasteiger charge is 2.54. The summed E-state index contributed by atoms with van der Waals surface area (Å²) in [6, 6.07) is 0. The quantitative estimate of drug-likeness (QED) is 0.593. The highest BCUT2D eigenvalue weighted by Crippen LogP contribution is 2.63. The third kappa shape index (κ3) is 1.33. The zero-order valence-corrected chi connectivity index (χ0v) is 10.6. The lowest BCUT2D eigenvalue weighted by molar-refractivity contribution is -0.00478. The molecule has 0 aromatic carbocycles. The van der Waals surface area contributed by atoms with E-state index in [1.807, 2.05) is 0 Å². The molecule has 0 heteroatoms. The van der Waals surface area contributed by atoms with Gasteiger partial charge in [0.1, 0.15) is 0 Å². The summed E-state index contributed by atoms with van der Waals surface area (Å²) < 4.78 is 0. The molecule has 0 saturated heterocycles. The summed E-state index contributed by atoms with van der Waals surface area (Å²) in [5.74, 6) is 5.57. The predicted octanol–water partition coefficient (Wildman–Crippen LogP) is 4.49. The molecule has 3 fully saturated rings. The van der Waals surface area contributed by atoms with Gasteiger partial charge in [-0.1, -0.05) is 27.2 Å². The first-order valence-corrected chi connectivity index (χ1v) is 7.13. The molecule has 3 rings (SSSR count). The third-order valence-corrected chi connectivity index (χ3v) is 6.19. The monoisotopic (exact) mass is 206 g/mol. The Balaban J connectivity index is 1.89. The molecule has 0 aliphatic heterocycles. The van der Waals surface area contributed by atoms with E-state index in [0.29, 0.717) is 5.41 Å². The molecular weight excluding hydrogens is 180 g/mol. The third-order valence-electron chi connectivity index (χ3n) is 6.19. The van der Waals surface area contributed by atoms with Crippen molar-refractivity contribution in [3.8, 4) is 0 Å². The fourth-order valence-electron chi connectivity index (χ4n) is 5.58. The maximum absolute atomic E-state index is 2.53. The van der Waals surface area contributed by atoms with Gasteiger partial charge in [0.05, 0.1) is 0 Å². The second kappa shape index (κ2) is 3.25. The molecule has 0 aromatic heterocycles. The number of rotatable bonds is 1. The Kier molecular flexibility index (Phi) is 2.20. The Bertz CT molecular complexity index is 253. The lowest BCUT2D eigenvalue weighted by Crippen LogP contribution is -2.42. The van der Waals surface area contributed by atoms with Crippen LogP contribution in [0, 0.1) is 35.0 Å². The zero-order valence-electron chi connectivity index (χ0n) is 10.6. The van der Waals surface area contributed by atoms with Crippen LogP contribution >= 0.6 is 0 Å². The van der Waals surface area contributed by atoms with Gasteiger partial charge in [-0.15, -0.1) is 0 Å². The molecule has 15 heavy (non-hydrogen) atoms. The molecule has 3 saturated carbocycles. The largest absolute Gasteiger partial charge is 0.0651 e. The second-order valence-electron chi connectivity index (χ2n) is 7.12. The highest BCUT2D eigenvalue weighted by atomic mass is 14.6. The Morgan fingerprint density at radius 2 is 1.80 bits per heavy atom. The number of hydrogen-bond donors (Lipinski definition) is 0. The smallest absolute Gasteiger partial charge is 0.0321 e. The van der Waals surface area contributed by atoms with Crippen LogP contribution in [0.1, 0.15) is 59.3 Å². The van der Waals surface area contributed by atoms with Crippen LogP contribution in [0.25, 0.3) is 0 Å². The predicted molar refractivity (Wildman–Crippen MR) is 64.6 cm³/mol. The molecule has 0 aromatic rings. The van der Waals surface area contributed by atoms with Gasteiger partial charge in [0, 0.05) is 0 Å². The summed E-state index contributed by atoms with van der Waals surface area (Å²) in [6.45, 7) is 7.49. The van der Waals surface area contributed by atoms with Gasteiger partial charge in [-0.2, -0.15) is 0 Å². The molecule has 5 unspecified atom stereocenters. The second-order valence-corrected chi connectivity index (χ2v) is 7.12. The SMILES string of the molecule is CCC1C2C3CCC(C3)C2CCC1(C)C. The van der Waals surface area contributed by atoms with E-state index in [1.165, 1.54) is 12.8 Å². The molecule has 0 heterocycles. The lowest BCUT2D eigenvalue weighted by Gasteiger charge is -2.50. The van der Waals surface area contributed by atoms with E-state index in [9.17, 15) is 0 Å². The Morgan fingerprint density at radius 3 is 2.53 bits per heavy atom. The highest BCUT2D eigenvalue weighted by molar-refractivity contribution is 5.04. The van der Waals surface area contributed by atoms with Gasteiger partial charge in [-0.05, 0) is 67.1 Å². The van der Waals surface area contributed by atoms with Gasteiger partial charge in [-0.3, -0.25) is 0 Å². The summed E-state index contributed by atoms with van der Waals surface area (Å²) in [7, 11) is 0. The maximum atomic E-state index is 2.53. The molecule has 5 atom stereocenters. The molecule has 0 radical (unpaired) electrons. The molecule has 0 N–H and O–H groups in total. The minimum atomic E-state index is 0.639. The van der Waals surface area contributed by atoms with Crippen molar-refractivity contribution in [3.05, 3.63) is 0 Å². The molecule has 2 bridgehead atoms. The minimum Gasteiger partial charge on any atom is -0.0651 e. The molecule has 3 aliphatic rings. The standard InChI is InChI=1S/C15H26/c1-4-13-14-11-6-5-10(9-11)12(14)7-8-15(13,2)3/h10-14H,4-9H2,1-3H3. The van der Waals surface area contributed by atoms with Crippen molar-refractivity contribution >= 4 is 0 Å². The van der Waals surface area contributed by atoms with Crippen molar-refractivity contribution in [2.45, 2.75) is 59.3 Å². The fourth-order valence-corrected chi connectivity index (χ4v) is 5.58. The average Bonchev–Trinajstić information content (AvgIpc) is 2.76. The average molecular weight is 206 g/mol. The van der Waals surface area contributed by atoms with Crippen LogP contribution < -0.4 is 0 Å².